The summed E-state index contributed by atoms with van der Waals surface area (Å²) in [6.45, 7) is 6.36. The van der Waals surface area contributed by atoms with Crippen LogP contribution in [-0.2, 0) is 6.42 Å². The molecule has 0 spiro atoms. The summed E-state index contributed by atoms with van der Waals surface area (Å²) in [7, 11) is 0. The molecule has 0 saturated carbocycles. The van der Waals surface area contributed by atoms with Gasteiger partial charge in [-0.1, -0.05) is 12.6 Å². The molecule has 2 rings (SSSR count). The van der Waals surface area contributed by atoms with E-state index < -0.39 is 0 Å². The van der Waals surface area contributed by atoms with Crippen molar-refractivity contribution >= 4 is 0 Å². The van der Waals surface area contributed by atoms with Crippen LogP contribution in [0.5, 0.6) is 5.75 Å². The molecule has 0 radical (unpaired) electrons. The maximum atomic E-state index is 6.10. The molecule has 0 saturated heterocycles. The molecule has 0 aromatic heterocycles. The number of ether oxygens (including phenoxy) is 1. The summed E-state index contributed by atoms with van der Waals surface area (Å²) in [4.78, 5) is 0. The van der Waals surface area contributed by atoms with E-state index in [0.29, 0.717) is 6.61 Å². The topological polar surface area (TPSA) is 35.2 Å². The Morgan fingerprint density at radius 3 is 3.12 bits per heavy atom. The van der Waals surface area contributed by atoms with Crippen LogP contribution in [0, 0.1) is 0 Å². The van der Waals surface area contributed by atoms with Gasteiger partial charge in [-0.05, 0) is 55.0 Å². The highest BCUT2D eigenvalue weighted by Crippen LogP contribution is 2.30. The van der Waals surface area contributed by atoms with E-state index in [4.69, 9.17) is 10.5 Å². The van der Waals surface area contributed by atoms with Gasteiger partial charge >= 0.3 is 0 Å². The molecule has 0 fully saturated rings. The lowest BCUT2D eigenvalue weighted by Gasteiger charge is -2.22. The predicted molar refractivity (Wildman–Crippen MR) is 66.6 cm³/mol. The Balaban J connectivity index is 2.17. The number of benzene rings is 1. The predicted octanol–water partition coefficient (Wildman–Crippen LogP) is 2.98. The van der Waals surface area contributed by atoms with E-state index in [1.54, 1.807) is 0 Å². The lowest BCUT2D eigenvalue weighted by atomic mass is 9.88. The van der Waals surface area contributed by atoms with Crippen molar-refractivity contribution in [2.24, 2.45) is 5.73 Å². The first-order valence-electron chi connectivity index (χ1n) is 5.82. The maximum Gasteiger partial charge on any atom is 0.120 e. The molecule has 0 aliphatic heterocycles. The molecule has 0 unspecified atom stereocenters. The van der Waals surface area contributed by atoms with Gasteiger partial charge in [0.15, 0.2) is 0 Å². The molecule has 0 bridgehead atoms. The molecule has 2 heteroatoms. The van der Waals surface area contributed by atoms with Crippen molar-refractivity contribution < 1.29 is 4.74 Å². The van der Waals surface area contributed by atoms with Gasteiger partial charge in [0.1, 0.15) is 12.4 Å². The molecule has 2 N–H and O–H groups in total. The minimum absolute atomic E-state index is 0.178. The summed E-state index contributed by atoms with van der Waals surface area (Å²) in [5, 5.41) is 0. The van der Waals surface area contributed by atoms with Crippen LogP contribution in [0.25, 0.3) is 0 Å². The molecule has 0 amide bonds. The van der Waals surface area contributed by atoms with E-state index in [0.717, 1.165) is 24.2 Å². The fourth-order valence-corrected chi connectivity index (χ4v) is 2.11. The molecule has 2 nitrogen and oxygen atoms in total. The third-order valence-electron chi connectivity index (χ3n) is 2.96. The summed E-state index contributed by atoms with van der Waals surface area (Å²) >= 11 is 0. The molecule has 1 atom stereocenters. The Hall–Kier alpha value is -1.28. The second-order valence-electron chi connectivity index (χ2n) is 4.61. The van der Waals surface area contributed by atoms with Crippen LogP contribution in [0.15, 0.2) is 30.4 Å². The second kappa shape index (κ2) is 4.71. The molecule has 86 valence electrons. The molecule has 1 aliphatic carbocycles. The van der Waals surface area contributed by atoms with Crippen molar-refractivity contribution in [1.82, 2.24) is 0 Å². The Kier molecular flexibility index (Phi) is 3.30. The highest BCUT2D eigenvalue weighted by atomic mass is 16.5. The second-order valence-corrected chi connectivity index (χ2v) is 4.61. The first-order chi connectivity index (χ1) is 7.66. The smallest absolute Gasteiger partial charge is 0.120 e. The van der Waals surface area contributed by atoms with Gasteiger partial charge in [0.2, 0.25) is 0 Å². The third-order valence-corrected chi connectivity index (χ3v) is 2.96. The SMILES string of the molecule is C=C(C)COc1ccc2c(c1)[C@@H](N)CCC2. The van der Waals surface area contributed by atoms with Crippen LogP contribution >= 0.6 is 0 Å². The normalized spacial score (nSPS) is 19.0. The highest BCUT2D eigenvalue weighted by molar-refractivity contribution is 5.39. The van der Waals surface area contributed by atoms with Crippen molar-refractivity contribution in [2.75, 3.05) is 6.61 Å². The first kappa shape index (κ1) is 11.2. The average molecular weight is 217 g/mol. The summed E-state index contributed by atoms with van der Waals surface area (Å²) in [5.74, 6) is 0.902. The van der Waals surface area contributed by atoms with Gasteiger partial charge < -0.3 is 10.5 Å². The zero-order chi connectivity index (χ0) is 11.5. The van der Waals surface area contributed by atoms with E-state index in [-0.39, 0.29) is 6.04 Å². The first-order valence-corrected chi connectivity index (χ1v) is 5.82. The summed E-state index contributed by atoms with van der Waals surface area (Å²) in [5.41, 5.74) is 9.76. The van der Waals surface area contributed by atoms with Crippen molar-refractivity contribution in [3.63, 3.8) is 0 Å². The number of hydrogen-bond acceptors (Lipinski definition) is 2. The van der Waals surface area contributed by atoms with Crippen molar-refractivity contribution in [1.29, 1.82) is 0 Å². The van der Waals surface area contributed by atoms with Gasteiger partial charge in [0.05, 0.1) is 0 Å². The van der Waals surface area contributed by atoms with Crippen LogP contribution in [0.3, 0.4) is 0 Å². The fraction of sp³-hybridized carbons (Fsp3) is 0.429. The van der Waals surface area contributed by atoms with E-state index in [9.17, 15) is 0 Å². The minimum atomic E-state index is 0.178. The van der Waals surface area contributed by atoms with Crippen molar-refractivity contribution in [3.8, 4) is 5.75 Å². The van der Waals surface area contributed by atoms with E-state index in [1.807, 2.05) is 13.0 Å². The zero-order valence-corrected chi connectivity index (χ0v) is 9.83. The third kappa shape index (κ3) is 2.45. The van der Waals surface area contributed by atoms with Crippen LogP contribution in [0.1, 0.15) is 36.9 Å². The molecular weight excluding hydrogens is 198 g/mol. The van der Waals surface area contributed by atoms with Crippen LogP contribution in [0.2, 0.25) is 0 Å². The lowest BCUT2D eigenvalue weighted by Crippen LogP contribution is -2.17. The molecule has 1 aromatic carbocycles. The van der Waals surface area contributed by atoms with Gasteiger partial charge in [0, 0.05) is 6.04 Å². The highest BCUT2D eigenvalue weighted by Gasteiger charge is 2.17. The standard InChI is InChI=1S/C14H19NO/c1-10(2)9-16-12-7-6-11-4-3-5-14(15)13(11)8-12/h6-8,14H,1,3-5,9,15H2,2H3/t14-/m0/s1. The number of rotatable bonds is 3. The maximum absolute atomic E-state index is 6.10. The average Bonchev–Trinajstić information content (AvgIpc) is 2.27. The van der Waals surface area contributed by atoms with E-state index in [2.05, 4.69) is 18.7 Å². The van der Waals surface area contributed by atoms with Crippen LogP contribution in [-0.4, -0.2) is 6.61 Å². The molecular formula is C14H19NO. The molecule has 0 heterocycles. The van der Waals surface area contributed by atoms with Crippen LogP contribution < -0.4 is 10.5 Å². The Morgan fingerprint density at radius 2 is 2.38 bits per heavy atom. The van der Waals surface area contributed by atoms with Crippen molar-refractivity contribution in [3.05, 3.63) is 41.5 Å². The molecule has 16 heavy (non-hydrogen) atoms. The molecule has 1 aliphatic rings. The summed E-state index contributed by atoms with van der Waals surface area (Å²) in [6, 6.07) is 6.43. The van der Waals surface area contributed by atoms with Gasteiger partial charge in [-0.15, -0.1) is 0 Å². The number of nitrogens with two attached hydrogens (primary N) is 1. The Bertz CT molecular complexity index is 398. The van der Waals surface area contributed by atoms with E-state index in [1.165, 1.54) is 17.5 Å². The summed E-state index contributed by atoms with van der Waals surface area (Å²) < 4.78 is 5.63. The fourth-order valence-electron chi connectivity index (χ4n) is 2.11. The minimum Gasteiger partial charge on any atom is -0.489 e. The van der Waals surface area contributed by atoms with Gasteiger partial charge in [-0.25, -0.2) is 0 Å². The van der Waals surface area contributed by atoms with E-state index >= 15 is 0 Å². The number of aryl methyl sites for hydroxylation is 1. The Morgan fingerprint density at radius 1 is 1.56 bits per heavy atom. The largest absolute Gasteiger partial charge is 0.489 e. The number of fused-ring (bicyclic) bond motifs is 1. The Labute approximate surface area is 97.1 Å². The van der Waals surface area contributed by atoms with Crippen LogP contribution in [0.4, 0.5) is 0 Å². The lowest BCUT2D eigenvalue weighted by molar-refractivity contribution is 0.351. The van der Waals surface area contributed by atoms with Crippen molar-refractivity contribution in [2.45, 2.75) is 32.2 Å². The van der Waals surface area contributed by atoms with Gasteiger partial charge in [-0.2, -0.15) is 0 Å². The monoisotopic (exact) mass is 217 g/mol. The van der Waals surface area contributed by atoms with Gasteiger partial charge in [0.25, 0.3) is 0 Å². The molecule has 1 aromatic rings. The quantitative estimate of drug-likeness (QED) is 0.790. The summed E-state index contributed by atoms with van der Waals surface area (Å²) in [6.07, 6.45) is 3.42. The number of hydrogen-bond donors (Lipinski definition) is 1. The van der Waals surface area contributed by atoms with Gasteiger partial charge in [-0.3, -0.25) is 0 Å². The zero-order valence-electron chi connectivity index (χ0n) is 9.83.